The zero-order chi connectivity index (χ0) is 13.0. The second kappa shape index (κ2) is 6.21. The number of ether oxygens (including phenoxy) is 1. The molecule has 2 rings (SSSR count). The zero-order valence-corrected chi connectivity index (χ0v) is 11.6. The van der Waals surface area contributed by atoms with Gasteiger partial charge < -0.3 is 4.74 Å². The van der Waals surface area contributed by atoms with E-state index in [0.717, 1.165) is 37.7 Å². The van der Waals surface area contributed by atoms with Crippen LogP contribution in [0.4, 0.5) is 0 Å². The van der Waals surface area contributed by atoms with Gasteiger partial charge in [0.2, 0.25) is 0 Å². The summed E-state index contributed by atoms with van der Waals surface area (Å²) in [5, 5.41) is 0. The molecule has 0 N–H and O–H groups in total. The van der Waals surface area contributed by atoms with E-state index in [-0.39, 0.29) is 12.1 Å². The van der Waals surface area contributed by atoms with Gasteiger partial charge in [-0.15, -0.1) is 0 Å². The second-order valence-electron chi connectivity index (χ2n) is 5.54. The SMILES string of the molecule is CC1=C(C(=O)OC(C)C2=CCCCC2)CCCC1. The van der Waals surface area contributed by atoms with Crippen molar-refractivity contribution in [3.63, 3.8) is 0 Å². The molecule has 0 aromatic rings. The van der Waals surface area contributed by atoms with E-state index >= 15 is 0 Å². The molecule has 0 heterocycles. The van der Waals surface area contributed by atoms with Crippen LogP contribution in [0, 0.1) is 0 Å². The van der Waals surface area contributed by atoms with Gasteiger partial charge in [-0.3, -0.25) is 0 Å². The molecule has 2 heteroatoms. The van der Waals surface area contributed by atoms with Gasteiger partial charge >= 0.3 is 5.97 Å². The molecule has 2 aliphatic carbocycles. The summed E-state index contributed by atoms with van der Waals surface area (Å²) >= 11 is 0. The first-order chi connectivity index (χ1) is 8.68. The van der Waals surface area contributed by atoms with E-state index in [1.165, 1.54) is 30.4 Å². The van der Waals surface area contributed by atoms with Crippen LogP contribution in [0.15, 0.2) is 22.8 Å². The normalized spacial score (nSPS) is 22.4. The molecular weight excluding hydrogens is 224 g/mol. The van der Waals surface area contributed by atoms with Gasteiger partial charge in [-0.25, -0.2) is 4.79 Å². The van der Waals surface area contributed by atoms with Crippen molar-refractivity contribution >= 4 is 5.97 Å². The molecule has 18 heavy (non-hydrogen) atoms. The molecule has 0 fully saturated rings. The minimum atomic E-state index is -0.0776. The minimum absolute atomic E-state index is 0.0416. The van der Waals surface area contributed by atoms with Crippen LogP contribution in [0.25, 0.3) is 0 Å². The Kier molecular flexibility index (Phi) is 4.62. The number of carbonyl (C=O) groups excluding carboxylic acids is 1. The van der Waals surface area contributed by atoms with Crippen LogP contribution in [0.1, 0.15) is 65.2 Å². The Balaban J connectivity index is 1.96. The third kappa shape index (κ3) is 3.24. The van der Waals surface area contributed by atoms with Crippen molar-refractivity contribution in [2.45, 2.75) is 71.3 Å². The van der Waals surface area contributed by atoms with Gasteiger partial charge in [-0.1, -0.05) is 11.6 Å². The summed E-state index contributed by atoms with van der Waals surface area (Å²) in [5.41, 5.74) is 3.48. The molecule has 1 unspecified atom stereocenters. The average molecular weight is 248 g/mol. The predicted octanol–water partition coefficient (Wildman–Crippen LogP) is 4.31. The molecule has 0 amide bonds. The van der Waals surface area contributed by atoms with Crippen molar-refractivity contribution in [1.82, 2.24) is 0 Å². The molecule has 0 aromatic heterocycles. The number of hydrogen-bond acceptors (Lipinski definition) is 2. The van der Waals surface area contributed by atoms with Crippen LogP contribution in [0.5, 0.6) is 0 Å². The van der Waals surface area contributed by atoms with E-state index in [9.17, 15) is 4.79 Å². The van der Waals surface area contributed by atoms with Crippen LogP contribution in [-0.4, -0.2) is 12.1 Å². The lowest BCUT2D eigenvalue weighted by Gasteiger charge is -2.22. The molecule has 0 saturated heterocycles. The molecule has 0 aromatic carbocycles. The molecular formula is C16H24O2. The van der Waals surface area contributed by atoms with Gasteiger partial charge in [-0.2, -0.15) is 0 Å². The molecule has 0 saturated carbocycles. The summed E-state index contributed by atoms with van der Waals surface area (Å²) < 4.78 is 5.63. The maximum Gasteiger partial charge on any atom is 0.334 e. The fourth-order valence-corrected chi connectivity index (χ4v) is 2.87. The number of carbonyl (C=O) groups is 1. The van der Waals surface area contributed by atoms with Crippen LogP contribution >= 0.6 is 0 Å². The fraction of sp³-hybridized carbons (Fsp3) is 0.688. The van der Waals surface area contributed by atoms with Gasteiger partial charge in [0.25, 0.3) is 0 Å². The molecule has 0 bridgehead atoms. The minimum Gasteiger partial charge on any atom is -0.455 e. The van der Waals surface area contributed by atoms with E-state index in [2.05, 4.69) is 13.0 Å². The quantitative estimate of drug-likeness (QED) is 0.549. The topological polar surface area (TPSA) is 26.3 Å². The number of hydrogen-bond donors (Lipinski definition) is 0. The van der Waals surface area contributed by atoms with Crippen LogP contribution < -0.4 is 0 Å². The standard InChI is InChI=1S/C16H24O2/c1-12-8-6-7-11-15(12)16(17)18-13(2)14-9-4-3-5-10-14/h9,13H,3-8,10-11H2,1-2H3. The van der Waals surface area contributed by atoms with E-state index in [1.807, 2.05) is 6.92 Å². The molecule has 0 aliphatic heterocycles. The highest BCUT2D eigenvalue weighted by Gasteiger charge is 2.21. The first-order valence-electron chi connectivity index (χ1n) is 7.27. The second-order valence-corrected chi connectivity index (χ2v) is 5.54. The van der Waals surface area contributed by atoms with Crippen LogP contribution in [0.3, 0.4) is 0 Å². The number of allylic oxidation sites excluding steroid dienone is 2. The van der Waals surface area contributed by atoms with Crippen LogP contribution in [0.2, 0.25) is 0 Å². The summed E-state index contributed by atoms with van der Waals surface area (Å²) in [4.78, 5) is 12.2. The summed E-state index contributed by atoms with van der Waals surface area (Å²) in [6, 6.07) is 0. The maximum atomic E-state index is 12.2. The van der Waals surface area contributed by atoms with Gasteiger partial charge in [0.15, 0.2) is 0 Å². The van der Waals surface area contributed by atoms with Gasteiger partial charge in [0.05, 0.1) is 0 Å². The van der Waals surface area contributed by atoms with Crippen molar-refractivity contribution in [2.24, 2.45) is 0 Å². The summed E-state index contributed by atoms with van der Waals surface area (Å²) in [6.45, 7) is 4.08. The lowest BCUT2D eigenvalue weighted by molar-refractivity contribution is -0.142. The summed E-state index contributed by atoms with van der Waals surface area (Å²) in [6.07, 6.45) is 11.2. The molecule has 0 spiro atoms. The smallest absolute Gasteiger partial charge is 0.334 e. The van der Waals surface area contributed by atoms with E-state index in [4.69, 9.17) is 4.74 Å². The van der Waals surface area contributed by atoms with Crippen molar-refractivity contribution in [1.29, 1.82) is 0 Å². The number of rotatable bonds is 3. The Hall–Kier alpha value is -1.05. The maximum absolute atomic E-state index is 12.2. The van der Waals surface area contributed by atoms with Gasteiger partial charge in [-0.05, 0) is 70.8 Å². The highest BCUT2D eigenvalue weighted by Crippen LogP contribution is 2.27. The molecule has 2 aliphatic rings. The molecule has 100 valence electrons. The van der Waals surface area contributed by atoms with E-state index < -0.39 is 0 Å². The Morgan fingerprint density at radius 1 is 1.17 bits per heavy atom. The lowest BCUT2D eigenvalue weighted by atomic mass is 9.92. The van der Waals surface area contributed by atoms with E-state index in [0.29, 0.717) is 0 Å². The average Bonchev–Trinajstić information content (AvgIpc) is 2.40. The third-order valence-corrected chi connectivity index (χ3v) is 4.12. The van der Waals surface area contributed by atoms with E-state index in [1.54, 1.807) is 0 Å². The Bertz CT molecular complexity index is 377. The third-order valence-electron chi connectivity index (χ3n) is 4.12. The lowest BCUT2D eigenvalue weighted by Crippen LogP contribution is -2.21. The largest absolute Gasteiger partial charge is 0.455 e. The number of esters is 1. The highest BCUT2D eigenvalue weighted by molar-refractivity contribution is 5.89. The summed E-state index contributed by atoms with van der Waals surface area (Å²) in [7, 11) is 0. The first kappa shape index (κ1) is 13.4. The monoisotopic (exact) mass is 248 g/mol. The van der Waals surface area contributed by atoms with Crippen molar-refractivity contribution in [3.05, 3.63) is 22.8 Å². The van der Waals surface area contributed by atoms with Crippen LogP contribution in [-0.2, 0) is 9.53 Å². The molecule has 1 atom stereocenters. The Morgan fingerprint density at radius 2 is 1.89 bits per heavy atom. The van der Waals surface area contributed by atoms with Gasteiger partial charge in [0, 0.05) is 5.57 Å². The van der Waals surface area contributed by atoms with Crippen molar-refractivity contribution in [3.8, 4) is 0 Å². The Morgan fingerprint density at radius 3 is 2.56 bits per heavy atom. The predicted molar refractivity (Wildman–Crippen MR) is 73.3 cm³/mol. The Labute approximate surface area is 110 Å². The van der Waals surface area contributed by atoms with Gasteiger partial charge in [0.1, 0.15) is 6.10 Å². The van der Waals surface area contributed by atoms with Crippen molar-refractivity contribution in [2.75, 3.05) is 0 Å². The fourth-order valence-electron chi connectivity index (χ4n) is 2.87. The van der Waals surface area contributed by atoms with Crippen molar-refractivity contribution < 1.29 is 9.53 Å². The highest BCUT2D eigenvalue weighted by atomic mass is 16.5. The summed E-state index contributed by atoms with van der Waals surface area (Å²) in [5.74, 6) is -0.0776. The molecule has 0 radical (unpaired) electrons. The zero-order valence-electron chi connectivity index (χ0n) is 11.6. The molecule has 2 nitrogen and oxygen atoms in total. The first-order valence-corrected chi connectivity index (χ1v) is 7.27.